The maximum Gasteiger partial charge on any atom is 0.255 e. The molecule has 0 bridgehead atoms. The lowest BCUT2D eigenvalue weighted by Gasteiger charge is -2.18. The average molecular weight is 586 g/mol. The van der Waals surface area contributed by atoms with E-state index in [1.165, 1.54) is 4.90 Å². The largest absolute Gasteiger partial charge is 0.457 e. The molecule has 0 saturated carbocycles. The maximum atomic E-state index is 13.1. The van der Waals surface area contributed by atoms with E-state index in [4.69, 9.17) is 4.74 Å². The number of benzene rings is 4. The van der Waals surface area contributed by atoms with Crippen molar-refractivity contribution in [1.29, 1.82) is 0 Å². The normalized spacial score (nSPS) is 17.5. The van der Waals surface area contributed by atoms with Crippen LogP contribution in [0.15, 0.2) is 109 Å². The van der Waals surface area contributed by atoms with Crippen LogP contribution in [0.4, 0.5) is 17.1 Å². The maximum absolute atomic E-state index is 13.1. The molecule has 2 atom stereocenters. The zero-order chi connectivity index (χ0) is 30.8. The number of fused-ring (bicyclic) bond motifs is 1. The van der Waals surface area contributed by atoms with Crippen LogP contribution in [0.25, 0.3) is 0 Å². The van der Waals surface area contributed by atoms with E-state index in [9.17, 15) is 19.2 Å². The van der Waals surface area contributed by atoms with Gasteiger partial charge >= 0.3 is 0 Å². The molecule has 8 heteroatoms. The summed E-state index contributed by atoms with van der Waals surface area (Å²) < 4.78 is 5.84. The zero-order valence-corrected chi connectivity index (χ0v) is 24.4. The lowest BCUT2D eigenvalue weighted by Crippen LogP contribution is -2.31. The Morgan fingerprint density at radius 1 is 0.705 bits per heavy atom. The molecule has 4 aromatic carbocycles. The fourth-order valence-corrected chi connectivity index (χ4v) is 5.54. The number of nitrogens with zero attached hydrogens (tertiary/aromatic N) is 1. The molecule has 1 heterocycles. The van der Waals surface area contributed by atoms with E-state index in [2.05, 4.69) is 10.6 Å². The van der Waals surface area contributed by atoms with Crippen molar-refractivity contribution in [3.05, 3.63) is 125 Å². The van der Waals surface area contributed by atoms with Crippen molar-refractivity contribution in [2.75, 3.05) is 15.5 Å². The van der Waals surface area contributed by atoms with Crippen LogP contribution in [0.2, 0.25) is 0 Å². The number of imide groups is 1. The molecule has 8 nitrogen and oxygen atoms in total. The Morgan fingerprint density at radius 2 is 1.27 bits per heavy atom. The second-order valence-electron chi connectivity index (χ2n) is 11.2. The Kier molecular flexibility index (Phi) is 7.81. The van der Waals surface area contributed by atoms with Gasteiger partial charge in [0.2, 0.25) is 11.8 Å². The Bertz CT molecular complexity index is 1780. The summed E-state index contributed by atoms with van der Waals surface area (Å²) in [6, 6.07) is 27.9. The summed E-state index contributed by atoms with van der Waals surface area (Å²) in [6.45, 7) is 3.99. The predicted molar refractivity (Wildman–Crippen MR) is 169 cm³/mol. The number of carbonyl (C=O) groups excluding carboxylic acids is 4. The van der Waals surface area contributed by atoms with E-state index >= 15 is 0 Å². The van der Waals surface area contributed by atoms with Crippen LogP contribution in [0.1, 0.15) is 46.0 Å². The van der Waals surface area contributed by atoms with Crippen LogP contribution in [0, 0.1) is 18.8 Å². The molecule has 1 saturated heterocycles. The van der Waals surface area contributed by atoms with E-state index in [0.29, 0.717) is 46.8 Å². The number of aryl methyl sites for hydroxylation is 1. The van der Waals surface area contributed by atoms with Gasteiger partial charge in [0.1, 0.15) is 11.5 Å². The number of allylic oxidation sites excluding steroid dienone is 2. The van der Waals surface area contributed by atoms with Gasteiger partial charge in [0.15, 0.2) is 0 Å². The molecule has 4 aromatic rings. The number of nitrogens with one attached hydrogen (secondary N) is 2. The quantitative estimate of drug-likeness (QED) is 0.177. The second-order valence-corrected chi connectivity index (χ2v) is 11.2. The van der Waals surface area contributed by atoms with Crippen LogP contribution in [0.3, 0.4) is 0 Å². The number of carbonyl (C=O) groups is 4. The van der Waals surface area contributed by atoms with Crippen LogP contribution in [0.5, 0.6) is 11.5 Å². The minimum Gasteiger partial charge on any atom is -0.457 e. The van der Waals surface area contributed by atoms with Gasteiger partial charge in [-0.2, -0.15) is 0 Å². The van der Waals surface area contributed by atoms with Gasteiger partial charge in [0.05, 0.1) is 17.5 Å². The third kappa shape index (κ3) is 6.01. The van der Waals surface area contributed by atoms with Crippen LogP contribution >= 0.6 is 0 Å². The van der Waals surface area contributed by atoms with Gasteiger partial charge in [0.25, 0.3) is 11.8 Å². The van der Waals surface area contributed by atoms with Crippen molar-refractivity contribution in [2.24, 2.45) is 11.8 Å². The molecule has 0 spiro atoms. The number of anilines is 3. The SMILES string of the molecule is CC1=CC[C@H]2C(=O)N(c3cccc(C(=O)Nc4ccc(C(=O)Nc5ccc(Oc6ccc(C)cc6)cc5)cc4)c3)C(=O)[C@H]2C1. The molecular formula is C36H31N3O5. The van der Waals surface area contributed by atoms with Crippen LogP contribution < -0.4 is 20.3 Å². The summed E-state index contributed by atoms with van der Waals surface area (Å²) in [6.07, 6.45) is 3.16. The highest BCUT2D eigenvalue weighted by Gasteiger charge is 2.48. The highest BCUT2D eigenvalue weighted by molar-refractivity contribution is 6.22. The predicted octanol–water partition coefficient (Wildman–Crippen LogP) is 7.14. The Balaban J connectivity index is 1.06. The zero-order valence-electron chi connectivity index (χ0n) is 24.4. The van der Waals surface area contributed by atoms with Gasteiger partial charge in [-0.05, 0) is 106 Å². The van der Waals surface area contributed by atoms with Gasteiger partial charge in [-0.25, -0.2) is 0 Å². The highest BCUT2D eigenvalue weighted by Crippen LogP contribution is 2.40. The van der Waals surface area contributed by atoms with Crippen molar-refractivity contribution >= 4 is 40.7 Å². The van der Waals surface area contributed by atoms with Crippen LogP contribution in [-0.2, 0) is 9.59 Å². The third-order valence-corrected chi connectivity index (χ3v) is 7.96. The van der Waals surface area contributed by atoms with E-state index in [-0.39, 0.29) is 29.6 Å². The monoisotopic (exact) mass is 585 g/mol. The molecule has 1 aliphatic heterocycles. The molecule has 2 N–H and O–H groups in total. The first-order valence-electron chi connectivity index (χ1n) is 14.5. The van der Waals surface area contributed by atoms with Gasteiger partial charge in [-0.15, -0.1) is 0 Å². The van der Waals surface area contributed by atoms with Crippen molar-refractivity contribution in [3.63, 3.8) is 0 Å². The summed E-state index contributed by atoms with van der Waals surface area (Å²) >= 11 is 0. The van der Waals surface area contributed by atoms with Crippen molar-refractivity contribution in [2.45, 2.75) is 26.7 Å². The first kappa shape index (κ1) is 28.6. The van der Waals surface area contributed by atoms with Crippen molar-refractivity contribution in [3.8, 4) is 11.5 Å². The Labute approximate surface area is 255 Å². The standard InChI is InChI=1S/C36H31N3O5/c1-22-6-15-29(16-7-22)44-30-17-13-27(14-18-30)37-33(40)24-9-11-26(12-10-24)38-34(41)25-4-3-5-28(21-25)39-35(42)31-19-8-23(2)20-32(31)36(39)43/h3-18,21,31-32H,19-20H2,1-2H3,(H,37,40)(H,38,41)/t31-,32+/m1/s1. The van der Waals surface area contributed by atoms with Crippen LogP contribution in [-0.4, -0.2) is 23.6 Å². The minimum atomic E-state index is -0.397. The lowest BCUT2D eigenvalue weighted by molar-refractivity contribution is -0.122. The number of rotatable bonds is 7. The minimum absolute atomic E-state index is 0.217. The molecule has 6 rings (SSSR count). The fourth-order valence-electron chi connectivity index (χ4n) is 5.54. The van der Waals surface area contributed by atoms with Gasteiger partial charge in [-0.3, -0.25) is 24.1 Å². The molecule has 44 heavy (non-hydrogen) atoms. The summed E-state index contributed by atoms with van der Waals surface area (Å²) in [5, 5.41) is 5.68. The fraction of sp³-hybridized carbons (Fsp3) is 0.167. The molecule has 0 aromatic heterocycles. The first-order valence-corrected chi connectivity index (χ1v) is 14.5. The van der Waals surface area contributed by atoms with Gasteiger partial charge in [-0.1, -0.05) is 35.4 Å². The number of ether oxygens (including phenoxy) is 1. The van der Waals surface area contributed by atoms with E-state index < -0.39 is 5.91 Å². The third-order valence-electron chi connectivity index (χ3n) is 7.96. The molecule has 1 aliphatic carbocycles. The number of hydrogen-bond donors (Lipinski definition) is 2. The summed E-state index contributed by atoms with van der Waals surface area (Å²) in [7, 11) is 0. The number of hydrogen-bond acceptors (Lipinski definition) is 5. The number of amides is 4. The Morgan fingerprint density at radius 3 is 1.93 bits per heavy atom. The second kappa shape index (κ2) is 12.0. The highest BCUT2D eigenvalue weighted by atomic mass is 16.5. The lowest BCUT2D eigenvalue weighted by atomic mass is 9.82. The van der Waals surface area contributed by atoms with E-state index in [0.717, 1.165) is 16.9 Å². The molecule has 0 unspecified atom stereocenters. The van der Waals surface area contributed by atoms with Crippen molar-refractivity contribution < 1.29 is 23.9 Å². The van der Waals surface area contributed by atoms with E-state index in [1.54, 1.807) is 72.8 Å². The van der Waals surface area contributed by atoms with Crippen molar-refractivity contribution in [1.82, 2.24) is 0 Å². The topological polar surface area (TPSA) is 105 Å². The first-order chi connectivity index (χ1) is 21.2. The molecule has 4 amide bonds. The summed E-state index contributed by atoms with van der Waals surface area (Å²) in [5.74, 6) is -0.447. The molecule has 2 aliphatic rings. The Hall–Kier alpha value is -5.50. The van der Waals surface area contributed by atoms with Gasteiger partial charge in [0, 0.05) is 22.5 Å². The molecule has 220 valence electrons. The summed E-state index contributed by atoms with van der Waals surface area (Å²) in [4.78, 5) is 53.3. The molecule has 0 radical (unpaired) electrons. The molecular weight excluding hydrogens is 554 g/mol. The van der Waals surface area contributed by atoms with Gasteiger partial charge < -0.3 is 15.4 Å². The van der Waals surface area contributed by atoms with E-state index in [1.807, 2.05) is 44.2 Å². The summed E-state index contributed by atoms with van der Waals surface area (Å²) in [5.41, 5.74) is 4.49. The average Bonchev–Trinajstić information content (AvgIpc) is 3.28. The smallest absolute Gasteiger partial charge is 0.255 e. The molecule has 1 fully saturated rings.